The van der Waals surface area contributed by atoms with Crippen LogP contribution in [-0.4, -0.2) is 29.6 Å². The number of thioether (sulfide) groups is 1. The summed E-state index contributed by atoms with van der Waals surface area (Å²) in [4.78, 5) is 15.2. The summed E-state index contributed by atoms with van der Waals surface area (Å²) in [5.74, 6) is 1.14. The van der Waals surface area contributed by atoms with Crippen molar-refractivity contribution in [3.8, 4) is 0 Å². The highest BCUT2D eigenvalue weighted by molar-refractivity contribution is 7.99. The number of carbonyl (C=O) groups excluding carboxylic acids is 1. The second kappa shape index (κ2) is 7.55. The van der Waals surface area contributed by atoms with E-state index in [1.807, 2.05) is 47.0 Å². The van der Waals surface area contributed by atoms with Gasteiger partial charge in [-0.15, -0.1) is 0 Å². The number of amides is 1. The van der Waals surface area contributed by atoms with Gasteiger partial charge in [0.25, 0.3) is 5.91 Å². The molecule has 1 atom stereocenters. The number of carbonyl (C=O) groups is 1. The molecule has 132 valence electrons. The third-order valence-electron chi connectivity index (χ3n) is 5.18. The maximum absolute atomic E-state index is 13.2. The molecule has 0 bridgehead atoms. The summed E-state index contributed by atoms with van der Waals surface area (Å²) in [6.45, 7) is 3.81. The lowest BCUT2D eigenvalue weighted by Gasteiger charge is -2.21. The average Bonchev–Trinajstić information content (AvgIpc) is 2.93. The van der Waals surface area contributed by atoms with Crippen LogP contribution in [0.1, 0.15) is 33.2 Å². The van der Waals surface area contributed by atoms with Gasteiger partial charge in [0.05, 0.1) is 0 Å². The number of nitrogens with zero attached hydrogens (tertiary/aromatic N) is 1. The van der Waals surface area contributed by atoms with Crippen molar-refractivity contribution in [1.29, 1.82) is 0 Å². The molecule has 0 spiro atoms. The number of hydrogen-bond donors (Lipinski definition) is 0. The molecular weight excluding hydrogens is 338 g/mol. The van der Waals surface area contributed by atoms with Crippen LogP contribution in [0, 0.1) is 6.92 Å². The minimum atomic E-state index is 0.160. The molecule has 0 aromatic heterocycles. The molecule has 0 unspecified atom stereocenters. The molecule has 0 N–H and O–H groups in total. The van der Waals surface area contributed by atoms with E-state index in [-0.39, 0.29) is 5.91 Å². The first kappa shape index (κ1) is 17.2. The van der Waals surface area contributed by atoms with Crippen molar-refractivity contribution in [2.45, 2.75) is 18.6 Å². The van der Waals surface area contributed by atoms with Crippen molar-refractivity contribution in [1.82, 2.24) is 4.90 Å². The van der Waals surface area contributed by atoms with E-state index in [0.717, 1.165) is 41.6 Å². The van der Waals surface area contributed by atoms with Gasteiger partial charge in [0.1, 0.15) is 0 Å². The molecular formula is C23H23NOS. The number of fused-ring (bicyclic) bond motifs is 1. The first-order valence-electron chi connectivity index (χ1n) is 9.18. The number of rotatable bonds is 2. The zero-order valence-corrected chi connectivity index (χ0v) is 15.8. The van der Waals surface area contributed by atoms with Gasteiger partial charge in [-0.1, -0.05) is 60.7 Å². The van der Waals surface area contributed by atoms with E-state index in [1.54, 1.807) is 0 Å². The van der Waals surface area contributed by atoms with E-state index in [1.165, 1.54) is 11.1 Å². The Balaban J connectivity index is 1.55. The third-order valence-corrected chi connectivity index (χ3v) is 6.49. The Morgan fingerprint density at radius 2 is 1.73 bits per heavy atom. The van der Waals surface area contributed by atoms with Gasteiger partial charge in [-0.2, -0.15) is 11.8 Å². The van der Waals surface area contributed by atoms with Crippen molar-refractivity contribution in [2.75, 3.05) is 18.8 Å². The van der Waals surface area contributed by atoms with Crippen molar-refractivity contribution < 1.29 is 4.79 Å². The van der Waals surface area contributed by atoms with E-state index in [9.17, 15) is 4.79 Å². The van der Waals surface area contributed by atoms with E-state index < -0.39 is 0 Å². The molecule has 0 saturated carbocycles. The second-order valence-corrected chi connectivity index (χ2v) is 8.13. The summed E-state index contributed by atoms with van der Waals surface area (Å²) in [5.41, 5.74) is 3.58. The molecule has 1 heterocycles. The van der Waals surface area contributed by atoms with Gasteiger partial charge in [-0.25, -0.2) is 0 Å². The number of hydrogen-bond acceptors (Lipinski definition) is 2. The highest BCUT2D eigenvalue weighted by Gasteiger charge is 2.24. The number of benzene rings is 3. The summed E-state index contributed by atoms with van der Waals surface area (Å²) < 4.78 is 0. The maximum atomic E-state index is 13.2. The molecule has 0 radical (unpaired) electrons. The van der Waals surface area contributed by atoms with Crippen LogP contribution in [0.3, 0.4) is 0 Å². The van der Waals surface area contributed by atoms with Gasteiger partial charge in [0.2, 0.25) is 0 Å². The van der Waals surface area contributed by atoms with Crippen LogP contribution >= 0.6 is 11.8 Å². The van der Waals surface area contributed by atoms with Crippen LogP contribution < -0.4 is 0 Å². The van der Waals surface area contributed by atoms with E-state index in [4.69, 9.17) is 0 Å². The lowest BCUT2D eigenvalue weighted by atomic mass is 10.0. The molecule has 1 aliphatic rings. The van der Waals surface area contributed by atoms with Gasteiger partial charge in [-0.05, 0) is 41.3 Å². The summed E-state index contributed by atoms with van der Waals surface area (Å²) in [5, 5.41) is 2.65. The van der Waals surface area contributed by atoms with Crippen molar-refractivity contribution in [3.05, 3.63) is 83.4 Å². The largest absolute Gasteiger partial charge is 0.338 e. The van der Waals surface area contributed by atoms with E-state index >= 15 is 0 Å². The Bertz CT molecular complexity index is 931. The zero-order chi connectivity index (χ0) is 17.9. The quantitative estimate of drug-likeness (QED) is 0.603. The third kappa shape index (κ3) is 3.36. The molecule has 0 aliphatic carbocycles. The van der Waals surface area contributed by atoms with Gasteiger partial charge in [0.15, 0.2) is 0 Å². The van der Waals surface area contributed by atoms with Gasteiger partial charge >= 0.3 is 0 Å². The van der Waals surface area contributed by atoms with E-state index in [2.05, 4.69) is 43.3 Å². The summed E-state index contributed by atoms with van der Waals surface area (Å²) in [7, 11) is 0. The van der Waals surface area contributed by atoms with Crippen LogP contribution in [0.2, 0.25) is 0 Å². The summed E-state index contributed by atoms with van der Waals surface area (Å²) in [6, 6.07) is 22.8. The molecule has 1 aliphatic heterocycles. The van der Waals surface area contributed by atoms with Crippen LogP contribution in [0.25, 0.3) is 10.8 Å². The number of aryl methyl sites for hydroxylation is 1. The summed E-state index contributed by atoms with van der Waals surface area (Å²) >= 11 is 1.98. The zero-order valence-electron chi connectivity index (χ0n) is 15.0. The van der Waals surface area contributed by atoms with Crippen LogP contribution in [0.4, 0.5) is 0 Å². The standard InChI is InChI=1S/C23H23NOS/c1-17-7-2-4-10-19(17)22-13-14-24(15-16-26-22)23(25)21-12-6-9-18-8-3-5-11-20(18)21/h2-12,22H,13-16H2,1H3/t22-/m0/s1. The first-order valence-corrected chi connectivity index (χ1v) is 10.2. The highest BCUT2D eigenvalue weighted by Crippen LogP contribution is 2.36. The highest BCUT2D eigenvalue weighted by atomic mass is 32.2. The fourth-order valence-electron chi connectivity index (χ4n) is 3.75. The Labute approximate surface area is 159 Å². The second-order valence-electron chi connectivity index (χ2n) is 6.82. The molecule has 2 nitrogen and oxygen atoms in total. The van der Waals surface area contributed by atoms with Crippen molar-refractivity contribution >= 4 is 28.4 Å². The Hall–Kier alpha value is -2.26. The van der Waals surface area contributed by atoms with Crippen molar-refractivity contribution in [2.24, 2.45) is 0 Å². The Morgan fingerprint density at radius 1 is 0.962 bits per heavy atom. The van der Waals surface area contributed by atoms with Crippen LogP contribution in [-0.2, 0) is 0 Å². The van der Waals surface area contributed by atoms with E-state index in [0.29, 0.717) is 5.25 Å². The average molecular weight is 362 g/mol. The first-order chi connectivity index (χ1) is 12.7. The molecule has 3 heteroatoms. The SMILES string of the molecule is Cc1ccccc1[C@@H]1CCN(C(=O)c2cccc3ccccc23)CCS1. The molecule has 3 aromatic carbocycles. The van der Waals surface area contributed by atoms with Crippen molar-refractivity contribution in [3.63, 3.8) is 0 Å². The lowest BCUT2D eigenvalue weighted by molar-refractivity contribution is 0.0768. The molecule has 1 amide bonds. The Kier molecular flexibility index (Phi) is 4.98. The molecule has 26 heavy (non-hydrogen) atoms. The Morgan fingerprint density at radius 3 is 2.62 bits per heavy atom. The molecule has 1 fully saturated rings. The lowest BCUT2D eigenvalue weighted by Crippen LogP contribution is -2.33. The topological polar surface area (TPSA) is 20.3 Å². The molecule has 3 aromatic rings. The van der Waals surface area contributed by atoms with Crippen LogP contribution in [0.5, 0.6) is 0 Å². The smallest absolute Gasteiger partial charge is 0.254 e. The van der Waals surface area contributed by atoms with Gasteiger partial charge < -0.3 is 4.90 Å². The van der Waals surface area contributed by atoms with Crippen LogP contribution in [0.15, 0.2) is 66.7 Å². The predicted molar refractivity (Wildman–Crippen MR) is 111 cm³/mol. The molecule has 4 rings (SSSR count). The molecule has 1 saturated heterocycles. The maximum Gasteiger partial charge on any atom is 0.254 e. The van der Waals surface area contributed by atoms with Gasteiger partial charge in [-0.3, -0.25) is 4.79 Å². The van der Waals surface area contributed by atoms with Gasteiger partial charge in [0, 0.05) is 29.7 Å². The monoisotopic (exact) mass is 361 g/mol. The predicted octanol–water partition coefficient (Wildman–Crippen LogP) is 5.47. The minimum absolute atomic E-state index is 0.160. The normalized spacial score (nSPS) is 17.9. The summed E-state index contributed by atoms with van der Waals surface area (Å²) in [6.07, 6.45) is 1.01. The minimum Gasteiger partial charge on any atom is -0.338 e. The fraction of sp³-hybridized carbons (Fsp3) is 0.261. The fourth-order valence-corrected chi connectivity index (χ4v) is 5.08.